The number of hydrogen-bond donors (Lipinski definition) is 0. The fraction of sp³-hybridized carbons (Fsp3) is 0.250. The maximum atomic E-state index is 5.95. The van der Waals surface area contributed by atoms with Crippen LogP contribution in [0.1, 0.15) is 24.0 Å². The third-order valence-electron chi connectivity index (χ3n) is 3.19. The summed E-state index contributed by atoms with van der Waals surface area (Å²) in [5.74, 6) is 6.59. The monoisotopic (exact) mass is 254 g/mol. The minimum Gasteiger partial charge on any atom is -0.358 e. The predicted molar refractivity (Wildman–Crippen MR) is 74.5 cm³/mol. The summed E-state index contributed by atoms with van der Waals surface area (Å²) in [6.07, 6.45) is 2.06. The second-order valence-electron chi connectivity index (χ2n) is 4.41. The molecule has 1 aromatic heterocycles. The summed E-state index contributed by atoms with van der Waals surface area (Å²) in [4.78, 5) is 0. The fourth-order valence-electron chi connectivity index (χ4n) is 2.25. The van der Waals surface area contributed by atoms with Crippen LogP contribution in [-0.4, -0.2) is 6.61 Å². The Bertz CT molecular complexity index is 554. The van der Waals surface area contributed by atoms with Gasteiger partial charge in [0.1, 0.15) is 0 Å². The molecule has 0 amide bonds. The Morgan fingerprint density at radius 2 is 2.06 bits per heavy atom. The molecule has 1 fully saturated rings. The fourth-order valence-corrected chi connectivity index (χ4v) is 2.84. The Morgan fingerprint density at radius 1 is 1.17 bits per heavy atom. The van der Waals surface area contributed by atoms with Crippen LogP contribution in [0.4, 0.5) is 0 Å². The molecule has 3 rings (SSSR count). The summed E-state index contributed by atoms with van der Waals surface area (Å²) in [6.45, 7) is 0.799. The van der Waals surface area contributed by atoms with Crippen molar-refractivity contribution in [2.45, 2.75) is 18.4 Å². The Hall–Kier alpha value is -1.56. The van der Waals surface area contributed by atoms with Crippen molar-refractivity contribution in [2.24, 2.45) is 0 Å². The van der Waals surface area contributed by atoms with E-state index in [-0.39, 0.29) is 0 Å². The minimum absolute atomic E-state index is 0.400. The van der Waals surface area contributed by atoms with Crippen LogP contribution in [0.5, 0.6) is 0 Å². The molecule has 0 N–H and O–H groups in total. The molecule has 1 unspecified atom stereocenters. The van der Waals surface area contributed by atoms with E-state index >= 15 is 0 Å². The van der Waals surface area contributed by atoms with E-state index in [0.29, 0.717) is 0 Å². The third kappa shape index (κ3) is 2.20. The van der Waals surface area contributed by atoms with E-state index in [1.54, 1.807) is 11.3 Å². The average molecular weight is 254 g/mol. The normalized spacial score (nSPS) is 22.4. The van der Waals surface area contributed by atoms with Crippen molar-refractivity contribution in [1.29, 1.82) is 0 Å². The summed E-state index contributed by atoms with van der Waals surface area (Å²) in [5.41, 5.74) is 1.85. The van der Waals surface area contributed by atoms with Gasteiger partial charge in [-0.2, -0.15) is 11.3 Å². The first-order valence-corrected chi connectivity index (χ1v) is 7.08. The summed E-state index contributed by atoms with van der Waals surface area (Å²) >= 11 is 1.67. The summed E-state index contributed by atoms with van der Waals surface area (Å²) in [7, 11) is 0. The zero-order valence-corrected chi connectivity index (χ0v) is 10.9. The molecule has 90 valence electrons. The van der Waals surface area contributed by atoms with Crippen molar-refractivity contribution in [3.8, 4) is 11.8 Å². The predicted octanol–water partition coefficient (Wildman–Crippen LogP) is 3.81. The zero-order chi connectivity index (χ0) is 12.3. The maximum Gasteiger partial charge on any atom is 0.154 e. The van der Waals surface area contributed by atoms with Gasteiger partial charge in [0.15, 0.2) is 5.60 Å². The van der Waals surface area contributed by atoms with Gasteiger partial charge in [0.25, 0.3) is 0 Å². The van der Waals surface area contributed by atoms with Crippen LogP contribution in [-0.2, 0) is 10.3 Å². The quantitative estimate of drug-likeness (QED) is 0.703. The molecule has 2 aromatic rings. The van der Waals surface area contributed by atoms with Crippen molar-refractivity contribution in [3.63, 3.8) is 0 Å². The molecule has 0 spiro atoms. The van der Waals surface area contributed by atoms with Gasteiger partial charge in [-0.1, -0.05) is 42.2 Å². The van der Waals surface area contributed by atoms with E-state index in [0.717, 1.165) is 25.0 Å². The van der Waals surface area contributed by atoms with Crippen LogP contribution in [0.25, 0.3) is 0 Å². The second-order valence-corrected chi connectivity index (χ2v) is 5.19. The molecule has 2 heterocycles. The highest BCUT2D eigenvalue weighted by molar-refractivity contribution is 7.08. The summed E-state index contributed by atoms with van der Waals surface area (Å²) in [6, 6.07) is 12.4. The molecule has 0 saturated carbocycles. The first kappa shape index (κ1) is 11.5. The number of benzene rings is 1. The number of thiophene rings is 1. The Kier molecular flexibility index (Phi) is 3.19. The lowest BCUT2D eigenvalue weighted by Gasteiger charge is -2.22. The highest BCUT2D eigenvalue weighted by Gasteiger charge is 2.35. The summed E-state index contributed by atoms with van der Waals surface area (Å²) < 4.78 is 5.95. The van der Waals surface area contributed by atoms with Crippen molar-refractivity contribution in [2.75, 3.05) is 6.61 Å². The molecule has 18 heavy (non-hydrogen) atoms. The van der Waals surface area contributed by atoms with Crippen LogP contribution in [0.15, 0.2) is 47.2 Å². The first-order valence-electron chi connectivity index (χ1n) is 6.14. The van der Waals surface area contributed by atoms with Gasteiger partial charge >= 0.3 is 0 Å². The smallest absolute Gasteiger partial charge is 0.154 e. The highest BCUT2D eigenvalue weighted by Crippen LogP contribution is 2.35. The van der Waals surface area contributed by atoms with Crippen molar-refractivity contribution in [3.05, 3.63) is 58.3 Å². The molecular formula is C16H14OS. The molecule has 1 aliphatic rings. The van der Waals surface area contributed by atoms with Crippen LogP contribution >= 0.6 is 11.3 Å². The topological polar surface area (TPSA) is 9.23 Å². The van der Waals surface area contributed by atoms with Gasteiger partial charge in [-0.3, -0.25) is 0 Å². The first-order chi connectivity index (χ1) is 8.89. The van der Waals surface area contributed by atoms with Gasteiger partial charge in [0, 0.05) is 17.6 Å². The molecule has 1 aromatic carbocycles. The van der Waals surface area contributed by atoms with Crippen LogP contribution in [0, 0.1) is 11.8 Å². The number of ether oxygens (including phenoxy) is 1. The van der Waals surface area contributed by atoms with E-state index in [9.17, 15) is 0 Å². The Balaban J connectivity index is 1.98. The average Bonchev–Trinajstić information content (AvgIpc) is 3.10. The summed E-state index contributed by atoms with van der Waals surface area (Å²) in [5, 5.41) is 4.12. The van der Waals surface area contributed by atoms with E-state index < -0.39 is 5.60 Å². The van der Waals surface area contributed by atoms with E-state index in [1.165, 1.54) is 5.56 Å². The van der Waals surface area contributed by atoms with Crippen molar-refractivity contribution < 1.29 is 4.74 Å². The number of rotatable bonds is 1. The van der Waals surface area contributed by atoms with Gasteiger partial charge in [0.2, 0.25) is 0 Å². The van der Waals surface area contributed by atoms with Crippen LogP contribution in [0.3, 0.4) is 0 Å². The van der Waals surface area contributed by atoms with Crippen LogP contribution < -0.4 is 0 Å². The molecule has 1 saturated heterocycles. The molecule has 2 heteroatoms. The molecule has 1 atom stereocenters. The molecule has 1 nitrogen and oxygen atoms in total. The minimum atomic E-state index is -0.400. The Labute approximate surface area is 111 Å². The second kappa shape index (κ2) is 4.97. The van der Waals surface area contributed by atoms with E-state index in [1.807, 2.05) is 24.3 Å². The number of hydrogen-bond acceptors (Lipinski definition) is 2. The standard InChI is InChI=1S/C16H14OS/c1-2-5-15(6-3-1)16(9-4-11-17-16)10-7-14-8-12-18-13-14/h1-3,5-6,8,12-13H,4,9,11H2. The van der Waals surface area contributed by atoms with E-state index in [4.69, 9.17) is 4.74 Å². The molecule has 0 radical (unpaired) electrons. The maximum absolute atomic E-state index is 5.95. The van der Waals surface area contributed by atoms with Gasteiger partial charge in [-0.15, -0.1) is 0 Å². The molecule has 1 aliphatic heterocycles. The van der Waals surface area contributed by atoms with Crippen molar-refractivity contribution in [1.82, 2.24) is 0 Å². The van der Waals surface area contributed by atoms with Gasteiger partial charge in [0.05, 0.1) is 0 Å². The molecular weight excluding hydrogens is 240 g/mol. The molecule has 0 aliphatic carbocycles. The Morgan fingerprint density at radius 3 is 2.72 bits per heavy atom. The largest absolute Gasteiger partial charge is 0.358 e. The van der Waals surface area contributed by atoms with Crippen LogP contribution in [0.2, 0.25) is 0 Å². The van der Waals surface area contributed by atoms with Crippen molar-refractivity contribution >= 4 is 11.3 Å². The molecule has 0 bridgehead atoms. The zero-order valence-electron chi connectivity index (χ0n) is 10.1. The van der Waals surface area contributed by atoms with Gasteiger partial charge in [-0.05, 0) is 29.9 Å². The third-order valence-corrected chi connectivity index (χ3v) is 3.87. The van der Waals surface area contributed by atoms with E-state index in [2.05, 4.69) is 34.7 Å². The lowest BCUT2D eigenvalue weighted by atomic mass is 9.91. The lowest BCUT2D eigenvalue weighted by Crippen LogP contribution is -2.22. The SMILES string of the molecule is C(#CC1(c2ccccc2)CCCO1)c1ccsc1. The lowest BCUT2D eigenvalue weighted by molar-refractivity contribution is 0.0513. The van der Waals surface area contributed by atoms with Gasteiger partial charge < -0.3 is 4.74 Å². The highest BCUT2D eigenvalue weighted by atomic mass is 32.1. The van der Waals surface area contributed by atoms with Gasteiger partial charge in [-0.25, -0.2) is 0 Å².